The Morgan fingerprint density at radius 3 is 0.862 bits per heavy atom. The number of carbonyl (C=O) groups excluding carboxylic acids is 3. The van der Waals surface area contributed by atoms with E-state index in [0.717, 1.165) is 64.2 Å². The summed E-state index contributed by atoms with van der Waals surface area (Å²) in [5.74, 6) is -0.861. The van der Waals surface area contributed by atoms with Gasteiger partial charge in [-0.25, -0.2) is 0 Å². The Labute approximate surface area is 360 Å². The Bertz CT molecular complexity index is 900. The first kappa shape index (κ1) is 56.1. The molecule has 0 saturated carbocycles. The molecule has 0 bridgehead atoms. The van der Waals surface area contributed by atoms with E-state index in [1.165, 1.54) is 180 Å². The highest BCUT2D eigenvalue weighted by atomic mass is 16.6. The van der Waals surface area contributed by atoms with Gasteiger partial charge in [-0.3, -0.25) is 14.4 Å². The second-order valence-electron chi connectivity index (χ2n) is 17.4. The summed E-state index contributed by atoms with van der Waals surface area (Å²) in [6, 6.07) is 0. The lowest BCUT2D eigenvalue weighted by Crippen LogP contribution is -2.30. The molecule has 0 unspecified atom stereocenters. The van der Waals surface area contributed by atoms with Crippen LogP contribution in [-0.4, -0.2) is 37.2 Å². The van der Waals surface area contributed by atoms with Crippen LogP contribution < -0.4 is 0 Å². The molecule has 1 atom stereocenters. The summed E-state index contributed by atoms with van der Waals surface area (Å²) in [6.45, 7) is 6.65. The number of rotatable bonds is 47. The third kappa shape index (κ3) is 45.2. The second-order valence-corrected chi connectivity index (χ2v) is 17.4. The van der Waals surface area contributed by atoms with Crippen LogP contribution in [0.2, 0.25) is 0 Å². The number of ether oxygens (including phenoxy) is 3. The molecule has 342 valence electrons. The van der Waals surface area contributed by atoms with Crippen LogP contribution in [0.4, 0.5) is 0 Å². The van der Waals surface area contributed by atoms with Crippen LogP contribution in [0.1, 0.15) is 284 Å². The van der Waals surface area contributed by atoms with Gasteiger partial charge in [0.15, 0.2) is 6.10 Å². The molecule has 0 amide bonds. The maximum Gasteiger partial charge on any atom is 0.306 e. The molecule has 0 aliphatic carbocycles. The molecule has 0 aliphatic heterocycles. The molecule has 0 N–H and O–H groups in total. The number of hydrogen-bond donors (Lipinski definition) is 0. The first-order valence-electron chi connectivity index (χ1n) is 25.7. The largest absolute Gasteiger partial charge is 0.462 e. The smallest absolute Gasteiger partial charge is 0.306 e. The molecule has 0 aromatic rings. The minimum Gasteiger partial charge on any atom is -0.462 e. The van der Waals surface area contributed by atoms with Gasteiger partial charge in [-0.1, -0.05) is 232 Å². The van der Waals surface area contributed by atoms with Crippen LogP contribution in [0.15, 0.2) is 12.2 Å². The number of esters is 3. The fraction of sp³-hybridized carbons (Fsp3) is 0.904. The SMILES string of the molecule is CCCCCCCC/C=C\CCCCCCCC(=O)OC[C@@H](COC(=O)CCCCCCCCCCCCC)OC(=O)CCCCCCCCCCCCCCCC. The number of allylic oxidation sites excluding steroid dienone is 2. The quantitative estimate of drug-likeness (QED) is 0.0263. The van der Waals surface area contributed by atoms with Crippen LogP contribution in [0, 0.1) is 0 Å². The molecule has 0 aliphatic rings. The van der Waals surface area contributed by atoms with Gasteiger partial charge < -0.3 is 14.2 Å². The molecule has 0 heterocycles. The number of unbranched alkanes of at least 4 members (excludes halogenated alkanes) is 34. The van der Waals surface area contributed by atoms with E-state index in [-0.39, 0.29) is 31.1 Å². The van der Waals surface area contributed by atoms with Crippen LogP contribution in [0.25, 0.3) is 0 Å². The molecule has 6 nitrogen and oxygen atoms in total. The Balaban J connectivity index is 4.33. The monoisotopic (exact) mass is 819 g/mol. The lowest BCUT2D eigenvalue weighted by molar-refractivity contribution is -0.167. The summed E-state index contributed by atoms with van der Waals surface area (Å²) in [4.78, 5) is 37.9. The highest BCUT2D eigenvalue weighted by Crippen LogP contribution is 2.16. The third-order valence-electron chi connectivity index (χ3n) is 11.5. The minimum absolute atomic E-state index is 0.0674. The molecule has 0 saturated heterocycles. The van der Waals surface area contributed by atoms with Gasteiger partial charge >= 0.3 is 17.9 Å². The van der Waals surface area contributed by atoms with E-state index in [1.807, 2.05) is 0 Å². The molecular weight excluding hydrogens is 721 g/mol. The van der Waals surface area contributed by atoms with Crippen molar-refractivity contribution in [2.45, 2.75) is 290 Å². The van der Waals surface area contributed by atoms with Crippen LogP contribution in [0.3, 0.4) is 0 Å². The molecule has 0 aromatic heterocycles. The minimum atomic E-state index is -0.765. The Morgan fingerprint density at radius 1 is 0.328 bits per heavy atom. The molecule has 58 heavy (non-hydrogen) atoms. The van der Waals surface area contributed by atoms with Gasteiger partial charge in [-0.2, -0.15) is 0 Å². The summed E-state index contributed by atoms with van der Waals surface area (Å²) in [5.41, 5.74) is 0. The van der Waals surface area contributed by atoms with Crippen molar-refractivity contribution in [2.24, 2.45) is 0 Å². The highest BCUT2D eigenvalue weighted by Gasteiger charge is 2.19. The average molecular weight is 819 g/mol. The van der Waals surface area contributed by atoms with Crippen molar-refractivity contribution in [3.05, 3.63) is 12.2 Å². The molecule has 0 spiro atoms. The Hall–Kier alpha value is -1.85. The van der Waals surface area contributed by atoms with Gasteiger partial charge in [-0.15, -0.1) is 0 Å². The first-order valence-corrected chi connectivity index (χ1v) is 25.7. The lowest BCUT2D eigenvalue weighted by atomic mass is 10.0. The predicted octanol–water partition coefficient (Wildman–Crippen LogP) is 16.6. The van der Waals surface area contributed by atoms with Gasteiger partial charge in [0.05, 0.1) is 0 Å². The Morgan fingerprint density at radius 2 is 0.569 bits per heavy atom. The first-order chi connectivity index (χ1) is 28.5. The summed E-state index contributed by atoms with van der Waals surface area (Å²) in [5, 5.41) is 0. The average Bonchev–Trinajstić information content (AvgIpc) is 3.22. The van der Waals surface area contributed by atoms with Crippen LogP contribution >= 0.6 is 0 Å². The fourth-order valence-corrected chi connectivity index (χ4v) is 7.61. The van der Waals surface area contributed by atoms with E-state index in [0.29, 0.717) is 19.3 Å². The maximum atomic E-state index is 12.8. The molecular formula is C52H98O6. The fourth-order valence-electron chi connectivity index (χ4n) is 7.61. The summed E-state index contributed by atoms with van der Waals surface area (Å²) in [7, 11) is 0. The van der Waals surface area contributed by atoms with E-state index in [4.69, 9.17) is 14.2 Å². The summed E-state index contributed by atoms with van der Waals surface area (Å²) >= 11 is 0. The van der Waals surface area contributed by atoms with Crippen molar-refractivity contribution in [1.29, 1.82) is 0 Å². The van der Waals surface area contributed by atoms with Gasteiger partial charge in [0.2, 0.25) is 0 Å². The molecule has 0 radical (unpaired) electrons. The van der Waals surface area contributed by atoms with E-state index < -0.39 is 6.10 Å². The van der Waals surface area contributed by atoms with E-state index >= 15 is 0 Å². The predicted molar refractivity (Wildman–Crippen MR) is 247 cm³/mol. The summed E-state index contributed by atoms with van der Waals surface area (Å²) in [6.07, 6.45) is 51.9. The Kier molecular flexibility index (Phi) is 46.3. The van der Waals surface area contributed by atoms with Gasteiger partial charge in [0.1, 0.15) is 13.2 Å². The van der Waals surface area contributed by atoms with Crippen molar-refractivity contribution in [2.75, 3.05) is 13.2 Å². The van der Waals surface area contributed by atoms with E-state index in [1.54, 1.807) is 0 Å². The number of hydrogen-bond acceptors (Lipinski definition) is 6. The molecule has 0 fully saturated rings. The molecule has 6 heteroatoms. The normalized spacial score (nSPS) is 12.0. The van der Waals surface area contributed by atoms with Crippen molar-refractivity contribution >= 4 is 17.9 Å². The van der Waals surface area contributed by atoms with E-state index in [2.05, 4.69) is 32.9 Å². The zero-order chi connectivity index (χ0) is 42.3. The van der Waals surface area contributed by atoms with Crippen LogP contribution in [0.5, 0.6) is 0 Å². The molecule has 0 aromatic carbocycles. The van der Waals surface area contributed by atoms with E-state index in [9.17, 15) is 14.4 Å². The van der Waals surface area contributed by atoms with Gasteiger partial charge in [0, 0.05) is 19.3 Å². The van der Waals surface area contributed by atoms with Crippen LogP contribution in [-0.2, 0) is 28.6 Å². The topological polar surface area (TPSA) is 78.9 Å². The third-order valence-corrected chi connectivity index (χ3v) is 11.5. The zero-order valence-electron chi connectivity index (χ0n) is 39.1. The summed E-state index contributed by atoms with van der Waals surface area (Å²) < 4.78 is 16.8. The van der Waals surface area contributed by atoms with Crippen molar-refractivity contribution in [3.8, 4) is 0 Å². The number of carbonyl (C=O) groups is 3. The highest BCUT2D eigenvalue weighted by molar-refractivity contribution is 5.71. The standard InChI is InChI=1S/C52H98O6/c1-4-7-10-13-16-19-22-24-26-28-30-33-36-39-42-45-51(54)57-48-49(47-56-50(53)44-41-38-35-32-29-21-18-15-12-9-6-3)58-52(55)46-43-40-37-34-31-27-25-23-20-17-14-11-8-5-2/h24,26,49H,4-23,25,27-48H2,1-3H3/b26-24-/t49-/m1/s1. The van der Waals surface area contributed by atoms with Gasteiger partial charge in [-0.05, 0) is 44.9 Å². The molecule has 0 rings (SSSR count). The van der Waals surface area contributed by atoms with Gasteiger partial charge in [0.25, 0.3) is 0 Å². The second kappa shape index (κ2) is 47.8. The zero-order valence-corrected chi connectivity index (χ0v) is 39.1. The van der Waals surface area contributed by atoms with Crippen molar-refractivity contribution < 1.29 is 28.6 Å². The maximum absolute atomic E-state index is 12.8. The van der Waals surface area contributed by atoms with Crippen molar-refractivity contribution in [3.63, 3.8) is 0 Å². The lowest BCUT2D eigenvalue weighted by Gasteiger charge is -2.18. The van der Waals surface area contributed by atoms with Crippen molar-refractivity contribution in [1.82, 2.24) is 0 Å².